The average Bonchev–Trinajstić information content (AvgIpc) is 2.09. The number of halogens is 1. The molecule has 0 fully saturated rings. The Kier molecular flexibility index (Phi) is 2.63. The highest BCUT2D eigenvalue weighted by Gasteiger charge is 2.36. The summed E-state index contributed by atoms with van der Waals surface area (Å²) in [5.74, 6) is -1.24. The summed E-state index contributed by atoms with van der Waals surface area (Å²) in [6.07, 6.45) is 2.48. The predicted octanol–water partition coefficient (Wildman–Crippen LogP) is 1.42. The number of ether oxygens (including phenoxy) is 1. The minimum absolute atomic E-state index is 0.0529. The van der Waals surface area contributed by atoms with E-state index >= 15 is 0 Å². The van der Waals surface area contributed by atoms with Crippen LogP contribution in [0.2, 0.25) is 0 Å². The third kappa shape index (κ3) is 1.84. The van der Waals surface area contributed by atoms with Crippen LogP contribution in [-0.2, 0) is 9.53 Å². The monoisotopic (exact) mass is 204 g/mol. The Morgan fingerprint density at radius 3 is 2.77 bits per heavy atom. The van der Waals surface area contributed by atoms with E-state index in [4.69, 9.17) is 21.4 Å². The summed E-state index contributed by atoms with van der Waals surface area (Å²) < 4.78 is 4.81. The molecule has 1 unspecified atom stereocenters. The minimum Gasteiger partial charge on any atom is -0.508 e. The second-order valence-corrected chi connectivity index (χ2v) is 3.27. The number of carboxylic acids is 1. The fraction of sp³-hybridized carbons (Fsp3) is 0.375. The lowest BCUT2D eigenvalue weighted by atomic mass is 10.0. The van der Waals surface area contributed by atoms with Gasteiger partial charge in [-0.3, -0.25) is 0 Å². The summed E-state index contributed by atoms with van der Waals surface area (Å²) >= 11 is 5.80. The van der Waals surface area contributed by atoms with E-state index in [0.717, 1.165) is 0 Å². The zero-order valence-corrected chi connectivity index (χ0v) is 7.71. The van der Waals surface area contributed by atoms with Crippen molar-refractivity contribution in [2.45, 2.75) is 11.5 Å². The number of carboxylic acid groups (broad SMARTS) is 1. The Morgan fingerprint density at radius 2 is 2.31 bits per heavy atom. The number of rotatable bonds is 2. The molecule has 0 heterocycles. The van der Waals surface area contributed by atoms with Crippen molar-refractivity contribution in [2.24, 2.45) is 0 Å². The molecule has 0 bridgehead atoms. The van der Waals surface area contributed by atoms with Crippen LogP contribution >= 0.6 is 11.6 Å². The maximum absolute atomic E-state index is 10.6. The fourth-order valence-corrected chi connectivity index (χ4v) is 1.23. The zero-order chi connectivity index (χ0) is 10.1. The summed E-state index contributed by atoms with van der Waals surface area (Å²) in [5, 5.41) is 16.5. The molecule has 4 nitrogen and oxygen atoms in total. The van der Waals surface area contributed by atoms with E-state index in [9.17, 15) is 9.90 Å². The molecule has 1 rings (SSSR count). The molecule has 0 radical (unpaired) electrons. The van der Waals surface area contributed by atoms with Crippen LogP contribution in [0.15, 0.2) is 23.5 Å². The van der Waals surface area contributed by atoms with Gasteiger partial charge < -0.3 is 14.9 Å². The number of methoxy groups -OCH3 is 1. The number of aliphatic hydroxyl groups is 1. The highest BCUT2D eigenvalue weighted by molar-refractivity contribution is 6.25. The molecule has 0 aromatic carbocycles. The Balaban J connectivity index is 2.96. The number of hydrogen-bond donors (Lipinski definition) is 2. The molecule has 1 aliphatic carbocycles. The van der Waals surface area contributed by atoms with Gasteiger partial charge in [0.05, 0.1) is 0 Å². The topological polar surface area (TPSA) is 66.8 Å². The molecule has 0 aromatic heterocycles. The standard InChI is InChI=1S/C8H9ClO4/c1-13-8(9)4-5(7(11)12)2-3-6(8)10/h2-3,10H,4H2,1H3,(H,11,12). The second-order valence-electron chi connectivity index (χ2n) is 2.66. The van der Waals surface area contributed by atoms with Crippen molar-refractivity contribution < 1.29 is 19.7 Å². The maximum atomic E-state index is 10.6. The SMILES string of the molecule is COC1(Cl)CC(C(=O)O)=CC=C1O. The molecule has 0 aliphatic heterocycles. The van der Waals surface area contributed by atoms with Crippen molar-refractivity contribution in [3.63, 3.8) is 0 Å². The number of aliphatic carboxylic acids is 1. The lowest BCUT2D eigenvalue weighted by Crippen LogP contribution is -2.30. The van der Waals surface area contributed by atoms with Crippen LogP contribution in [0.25, 0.3) is 0 Å². The van der Waals surface area contributed by atoms with Crippen LogP contribution in [0.4, 0.5) is 0 Å². The number of aliphatic hydroxyl groups excluding tert-OH is 1. The molecule has 0 saturated carbocycles. The van der Waals surface area contributed by atoms with E-state index in [1.54, 1.807) is 0 Å². The molecule has 0 amide bonds. The molecule has 5 heteroatoms. The molecule has 0 spiro atoms. The van der Waals surface area contributed by atoms with Crippen LogP contribution in [0.3, 0.4) is 0 Å². The van der Waals surface area contributed by atoms with Crippen molar-refractivity contribution in [3.05, 3.63) is 23.5 Å². The van der Waals surface area contributed by atoms with Crippen LogP contribution < -0.4 is 0 Å². The van der Waals surface area contributed by atoms with E-state index in [1.807, 2.05) is 0 Å². The molecule has 72 valence electrons. The Bertz CT molecular complexity index is 295. The number of alkyl halides is 1. The number of hydrogen-bond acceptors (Lipinski definition) is 3. The Labute approximate surface area is 80.1 Å². The highest BCUT2D eigenvalue weighted by atomic mass is 35.5. The van der Waals surface area contributed by atoms with Gasteiger partial charge in [0.25, 0.3) is 0 Å². The van der Waals surface area contributed by atoms with Crippen LogP contribution in [0, 0.1) is 0 Å². The molecule has 0 aromatic rings. The van der Waals surface area contributed by atoms with Crippen molar-refractivity contribution in [2.75, 3.05) is 7.11 Å². The van der Waals surface area contributed by atoms with Crippen molar-refractivity contribution in [1.29, 1.82) is 0 Å². The second kappa shape index (κ2) is 3.40. The van der Waals surface area contributed by atoms with Crippen molar-refractivity contribution >= 4 is 17.6 Å². The van der Waals surface area contributed by atoms with Crippen molar-refractivity contribution in [1.82, 2.24) is 0 Å². The van der Waals surface area contributed by atoms with Gasteiger partial charge in [-0.1, -0.05) is 11.6 Å². The van der Waals surface area contributed by atoms with Crippen LogP contribution in [-0.4, -0.2) is 28.4 Å². The third-order valence-electron chi connectivity index (χ3n) is 1.84. The molecule has 2 N–H and O–H groups in total. The summed E-state index contributed by atoms with van der Waals surface area (Å²) in [6, 6.07) is 0. The first-order valence-corrected chi connectivity index (χ1v) is 3.95. The predicted molar refractivity (Wildman–Crippen MR) is 46.6 cm³/mol. The smallest absolute Gasteiger partial charge is 0.331 e. The highest BCUT2D eigenvalue weighted by Crippen LogP contribution is 2.34. The number of allylic oxidation sites excluding steroid dienone is 2. The normalized spacial score (nSPS) is 27.8. The van der Waals surface area contributed by atoms with Gasteiger partial charge >= 0.3 is 5.97 Å². The summed E-state index contributed by atoms with van der Waals surface area (Å²) in [4.78, 5) is 10.6. The first-order chi connectivity index (χ1) is 5.99. The number of carbonyl (C=O) groups is 1. The van der Waals surface area contributed by atoms with Gasteiger partial charge in [-0.25, -0.2) is 4.79 Å². The lowest BCUT2D eigenvalue weighted by molar-refractivity contribution is -0.133. The lowest BCUT2D eigenvalue weighted by Gasteiger charge is -2.27. The first kappa shape index (κ1) is 10.1. The Hall–Kier alpha value is -1.00. The van der Waals surface area contributed by atoms with E-state index in [0.29, 0.717) is 0 Å². The molecule has 0 saturated heterocycles. The van der Waals surface area contributed by atoms with E-state index in [2.05, 4.69) is 0 Å². The van der Waals surface area contributed by atoms with Gasteiger partial charge in [0.2, 0.25) is 5.06 Å². The third-order valence-corrected chi connectivity index (χ3v) is 2.32. The minimum atomic E-state index is -1.43. The van der Waals surface area contributed by atoms with Gasteiger partial charge in [0, 0.05) is 19.1 Å². The van der Waals surface area contributed by atoms with Crippen LogP contribution in [0.1, 0.15) is 6.42 Å². The molecule has 1 aliphatic rings. The average molecular weight is 205 g/mol. The van der Waals surface area contributed by atoms with Crippen molar-refractivity contribution in [3.8, 4) is 0 Å². The van der Waals surface area contributed by atoms with E-state index in [-0.39, 0.29) is 17.8 Å². The summed E-state index contributed by atoms with van der Waals surface area (Å²) in [5.41, 5.74) is 0.106. The van der Waals surface area contributed by atoms with E-state index in [1.165, 1.54) is 19.3 Å². The summed E-state index contributed by atoms with van der Waals surface area (Å²) in [6.45, 7) is 0. The maximum Gasteiger partial charge on any atom is 0.331 e. The largest absolute Gasteiger partial charge is 0.508 e. The fourth-order valence-electron chi connectivity index (χ4n) is 1.02. The first-order valence-electron chi connectivity index (χ1n) is 3.57. The Morgan fingerprint density at radius 1 is 1.69 bits per heavy atom. The van der Waals surface area contributed by atoms with Gasteiger partial charge in [0.1, 0.15) is 5.76 Å². The van der Waals surface area contributed by atoms with Gasteiger partial charge in [-0.15, -0.1) is 0 Å². The van der Waals surface area contributed by atoms with Gasteiger partial charge in [-0.05, 0) is 12.2 Å². The van der Waals surface area contributed by atoms with Gasteiger partial charge in [0.15, 0.2) is 0 Å². The molecule has 1 atom stereocenters. The molecular weight excluding hydrogens is 196 g/mol. The van der Waals surface area contributed by atoms with Gasteiger partial charge in [-0.2, -0.15) is 0 Å². The molecular formula is C8H9ClO4. The summed E-state index contributed by atoms with van der Waals surface area (Å²) in [7, 11) is 1.31. The molecule has 13 heavy (non-hydrogen) atoms. The quantitative estimate of drug-likeness (QED) is 0.668. The van der Waals surface area contributed by atoms with Crippen LogP contribution in [0.5, 0.6) is 0 Å². The van der Waals surface area contributed by atoms with E-state index < -0.39 is 11.0 Å². The zero-order valence-electron chi connectivity index (χ0n) is 6.95.